The highest BCUT2D eigenvalue weighted by molar-refractivity contribution is 5.20. The number of rotatable bonds is 1. The van der Waals surface area contributed by atoms with Crippen LogP contribution < -0.4 is 5.32 Å². The zero-order chi connectivity index (χ0) is 9.42. The molecule has 0 aromatic carbocycles. The first-order valence-corrected chi connectivity index (χ1v) is 5.09. The van der Waals surface area contributed by atoms with Crippen molar-refractivity contribution in [3.8, 4) is 0 Å². The summed E-state index contributed by atoms with van der Waals surface area (Å²) in [5, 5.41) is 3.57. The lowest BCUT2D eigenvalue weighted by molar-refractivity contribution is 0.345. The Morgan fingerprint density at radius 2 is 2.23 bits per heavy atom. The molecule has 0 aliphatic carbocycles. The third-order valence-corrected chi connectivity index (χ3v) is 2.92. The Hall–Kier alpha value is -0.760. The van der Waals surface area contributed by atoms with E-state index in [0.29, 0.717) is 12.0 Å². The lowest BCUT2D eigenvalue weighted by Gasteiger charge is -2.30. The molecule has 2 heteroatoms. The average molecular weight is 178 g/mol. The highest BCUT2D eigenvalue weighted by Crippen LogP contribution is 2.26. The summed E-state index contributed by atoms with van der Waals surface area (Å²) in [5.41, 5.74) is 2.85. The molecule has 1 N–H and O–H groups in total. The Bertz CT molecular complexity index is 299. The second kappa shape index (κ2) is 3.18. The third-order valence-electron chi connectivity index (χ3n) is 2.92. The van der Waals surface area contributed by atoms with E-state index in [9.17, 15) is 0 Å². The number of fused-ring (bicyclic) bond motifs is 1. The SMILES string of the molecule is Cc1ccc2n1CCN[C@@H]2C(C)C. The Morgan fingerprint density at radius 1 is 1.46 bits per heavy atom. The molecular weight excluding hydrogens is 160 g/mol. The van der Waals surface area contributed by atoms with Crippen molar-refractivity contribution >= 4 is 0 Å². The Balaban J connectivity index is 2.38. The number of hydrogen-bond acceptors (Lipinski definition) is 1. The van der Waals surface area contributed by atoms with Crippen LogP contribution in [0.3, 0.4) is 0 Å². The van der Waals surface area contributed by atoms with Gasteiger partial charge in [0.15, 0.2) is 0 Å². The zero-order valence-electron chi connectivity index (χ0n) is 8.67. The molecule has 2 rings (SSSR count). The lowest BCUT2D eigenvalue weighted by atomic mass is 10.00. The van der Waals surface area contributed by atoms with Crippen molar-refractivity contribution < 1.29 is 0 Å². The molecule has 13 heavy (non-hydrogen) atoms. The van der Waals surface area contributed by atoms with Crippen molar-refractivity contribution in [2.45, 2.75) is 33.4 Å². The van der Waals surface area contributed by atoms with Gasteiger partial charge in [-0.3, -0.25) is 0 Å². The smallest absolute Gasteiger partial charge is 0.0498 e. The minimum Gasteiger partial charge on any atom is -0.346 e. The summed E-state index contributed by atoms with van der Waals surface area (Å²) in [6.07, 6.45) is 0. The number of hydrogen-bond donors (Lipinski definition) is 1. The minimum atomic E-state index is 0.544. The van der Waals surface area contributed by atoms with Gasteiger partial charge in [-0.05, 0) is 25.0 Å². The zero-order valence-corrected chi connectivity index (χ0v) is 8.67. The number of nitrogens with one attached hydrogen (secondary N) is 1. The van der Waals surface area contributed by atoms with Crippen molar-refractivity contribution in [3.63, 3.8) is 0 Å². The third kappa shape index (κ3) is 1.39. The average Bonchev–Trinajstić information content (AvgIpc) is 2.48. The maximum absolute atomic E-state index is 3.57. The monoisotopic (exact) mass is 178 g/mol. The first-order valence-electron chi connectivity index (χ1n) is 5.09. The Labute approximate surface area is 79.9 Å². The summed E-state index contributed by atoms with van der Waals surface area (Å²) in [6.45, 7) is 8.96. The fourth-order valence-corrected chi connectivity index (χ4v) is 2.18. The maximum atomic E-state index is 3.57. The molecular formula is C11H18N2. The van der Waals surface area contributed by atoms with E-state index in [2.05, 4.69) is 42.8 Å². The minimum absolute atomic E-state index is 0.544. The van der Waals surface area contributed by atoms with Crippen LogP contribution in [0.4, 0.5) is 0 Å². The summed E-state index contributed by atoms with van der Waals surface area (Å²) >= 11 is 0. The summed E-state index contributed by atoms with van der Waals surface area (Å²) in [4.78, 5) is 0. The standard InChI is InChI=1S/C11H18N2/c1-8(2)11-10-5-4-9(3)13(10)7-6-12-11/h4-5,8,11-12H,6-7H2,1-3H3/t11-/m1/s1. The van der Waals surface area contributed by atoms with Crippen LogP contribution in [-0.2, 0) is 6.54 Å². The molecule has 0 saturated heterocycles. The van der Waals surface area contributed by atoms with Gasteiger partial charge < -0.3 is 9.88 Å². The van der Waals surface area contributed by atoms with Gasteiger partial charge >= 0.3 is 0 Å². The van der Waals surface area contributed by atoms with Crippen molar-refractivity contribution in [1.29, 1.82) is 0 Å². The van der Waals surface area contributed by atoms with Crippen molar-refractivity contribution in [2.75, 3.05) is 6.54 Å². The lowest BCUT2D eigenvalue weighted by Crippen LogP contribution is -2.36. The van der Waals surface area contributed by atoms with Crippen LogP contribution in [0.15, 0.2) is 12.1 Å². The molecule has 0 spiro atoms. The van der Waals surface area contributed by atoms with Gasteiger partial charge in [-0.15, -0.1) is 0 Å². The van der Waals surface area contributed by atoms with Gasteiger partial charge in [-0.1, -0.05) is 13.8 Å². The van der Waals surface area contributed by atoms with Gasteiger partial charge in [-0.2, -0.15) is 0 Å². The number of aromatic nitrogens is 1. The Kier molecular flexibility index (Phi) is 2.16. The van der Waals surface area contributed by atoms with E-state index in [1.165, 1.54) is 11.4 Å². The summed E-state index contributed by atoms with van der Waals surface area (Å²) in [7, 11) is 0. The molecule has 1 aromatic rings. The molecule has 0 radical (unpaired) electrons. The van der Waals surface area contributed by atoms with Crippen LogP contribution in [-0.4, -0.2) is 11.1 Å². The van der Waals surface area contributed by atoms with E-state index in [0.717, 1.165) is 13.1 Å². The van der Waals surface area contributed by atoms with Gasteiger partial charge in [0, 0.05) is 30.5 Å². The predicted octanol–water partition coefficient (Wildman–Crippen LogP) is 2.10. The normalized spacial score (nSPS) is 22.0. The van der Waals surface area contributed by atoms with Crippen LogP contribution in [0.5, 0.6) is 0 Å². The first-order chi connectivity index (χ1) is 6.20. The fourth-order valence-electron chi connectivity index (χ4n) is 2.18. The van der Waals surface area contributed by atoms with E-state index in [1.54, 1.807) is 0 Å². The van der Waals surface area contributed by atoms with Crippen LogP contribution >= 0.6 is 0 Å². The van der Waals surface area contributed by atoms with E-state index < -0.39 is 0 Å². The predicted molar refractivity (Wildman–Crippen MR) is 54.8 cm³/mol. The molecule has 1 aliphatic rings. The topological polar surface area (TPSA) is 17.0 Å². The highest BCUT2D eigenvalue weighted by atomic mass is 15.1. The van der Waals surface area contributed by atoms with Gasteiger partial charge in [0.25, 0.3) is 0 Å². The molecule has 0 unspecified atom stereocenters. The van der Waals surface area contributed by atoms with Crippen LogP contribution in [0.2, 0.25) is 0 Å². The molecule has 0 bridgehead atoms. The maximum Gasteiger partial charge on any atom is 0.0498 e. The molecule has 0 amide bonds. The summed E-state index contributed by atoms with van der Waals surface area (Å²) in [6, 6.07) is 5.02. The largest absolute Gasteiger partial charge is 0.346 e. The van der Waals surface area contributed by atoms with E-state index in [-0.39, 0.29) is 0 Å². The molecule has 2 nitrogen and oxygen atoms in total. The highest BCUT2D eigenvalue weighted by Gasteiger charge is 2.22. The molecule has 1 aliphatic heterocycles. The second-order valence-corrected chi connectivity index (χ2v) is 4.23. The molecule has 2 heterocycles. The molecule has 1 aromatic heterocycles. The van der Waals surface area contributed by atoms with E-state index >= 15 is 0 Å². The van der Waals surface area contributed by atoms with Gasteiger partial charge in [0.1, 0.15) is 0 Å². The van der Waals surface area contributed by atoms with Gasteiger partial charge in [0.2, 0.25) is 0 Å². The fraction of sp³-hybridized carbons (Fsp3) is 0.636. The quantitative estimate of drug-likeness (QED) is 0.697. The summed E-state index contributed by atoms with van der Waals surface area (Å²) in [5.74, 6) is 0.674. The number of nitrogens with zero attached hydrogens (tertiary/aromatic N) is 1. The first kappa shape index (κ1) is 8.82. The van der Waals surface area contributed by atoms with E-state index in [1.807, 2.05) is 0 Å². The van der Waals surface area contributed by atoms with E-state index in [4.69, 9.17) is 0 Å². The van der Waals surface area contributed by atoms with Crippen molar-refractivity contribution in [2.24, 2.45) is 5.92 Å². The number of aryl methyl sites for hydroxylation is 1. The van der Waals surface area contributed by atoms with Crippen LogP contribution in [0.25, 0.3) is 0 Å². The summed E-state index contributed by atoms with van der Waals surface area (Å²) < 4.78 is 2.43. The van der Waals surface area contributed by atoms with Crippen molar-refractivity contribution in [3.05, 3.63) is 23.5 Å². The Morgan fingerprint density at radius 3 is 2.92 bits per heavy atom. The van der Waals surface area contributed by atoms with Gasteiger partial charge in [0.05, 0.1) is 0 Å². The molecule has 1 atom stereocenters. The second-order valence-electron chi connectivity index (χ2n) is 4.23. The van der Waals surface area contributed by atoms with Gasteiger partial charge in [-0.25, -0.2) is 0 Å². The van der Waals surface area contributed by atoms with Crippen LogP contribution in [0.1, 0.15) is 31.3 Å². The molecule has 0 saturated carbocycles. The van der Waals surface area contributed by atoms with Crippen LogP contribution in [0, 0.1) is 12.8 Å². The molecule has 72 valence electrons. The van der Waals surface area contributed by atoms with Crippen molar-refractivity contribution in [1.82, 2.24) is 9.88 Å². The molecule has 0 fully saturated rings.